The van der Waals surface area contributed by atoms with Crippen LogP contribution in [0.25, 0.3) is 10.8 Å². The molecule has 26 heavy (non-hydrogen) atoms. The molecule has 0 saturated carbocycles. The first-order valence-electron chi connectivity index (χ1n) is 9.48. The lowest BCUT2D eigenvalue weighted by molar-refractivity contribution is 0.447. The largest absolute Gasteiger partial charge is 0.328 e. The van der Waals surface area contributed by atoms with E-state index in [1.165, 1.54) is 27.5 Å². The lowest BCUT2D eigenvalue weighted by Crippen LogP contribution is -2.33. The molecule has 1 unspecified atom stereocenters. The third-order valence-corrected chi connectivity index (χ3v) is 4.98. The van der Waals surface area contributed by atoms with E-state index in [2.05, 4.69) is 72.7 Å². The third-order valence-electron chi connectivity index (χ3n) is 4.98. The number of benzene rings is 2. The zero-order valence-corrected chi connectivity index (χ0v) is 15.8. The van der Waals surface area contributed by atoms with Crippen LogP contribution < -0.4 is 11.1 Å². The molecule has 136 valence electrons. The summed E-state index contributed by atoms with van der Waals surface area (Å²) in [6.07, 6.45) is 6.91. The van der Waals surface area contributed by atoms with E-state index in [1.54, 1.807) is 0 Å². The Morgan fingerprint density at radius 3 is 2.65 bits per heavy atom. The van der Waals surface area contributed by atoms with Gasteiger partial charge >= 0.3 is 0 Å². The minimum Gasteiger partial charge on any atom is -0.328 e. The maximum atomic E-state index is 6.34. The molecule has 3 nitrogen and oxygen atoms in total. The van der Waals surface area contributed by atoms with Gasteiger partial charge in [-0.3, -0.25) is 4.98 Å². The number of hydrogen-bond acceptors (Lipinski definition) is 3. The Bertz CT molecular complexity index is 829. The van der Waals surface area contributed by atoms with Crippen LogP contribution in [0.2, 0.25) is 0 Å². The number of nitrogens with two attached hydrogens (primary N) is 1. The normalized spacial score (nSPS) is 13.7. The zero-order chi connectivity index (χ0) is 18.4. The van der Waals surface area contributed by atoms with Crippen molar-refractivity contribution < 1.29 is 0 Å². The molecular weight excluding hydrogens is 318 g/mol. The number of nitrogens with one attached hydrogen (secondary N) is 1. The lowest BCUT2D eigenvalue weighted by atomic mass is 10.0. The summed E-state index contributed by atoms with van der Waals surface area (Å²) in [5.41, 5.74) is 10.2. The molecule has 3 rings (SSSR count). The topological polar surface area (TPSA) is 50.9 Å². The van der Waals surface area contributed by atoms with Gasteiger partial charge in [-0.15, -0.1) is 0 Å². The van der Waals surface area contributed by atoms with E-state index >= 15 is 0 Å². The molecule has 1 heterocycles. The van der Waals surface area contributed by atoms with Crippen LogP contribution in [0.4, 0.5) is 0 Å². The molecule has 0 spiro atoms. The van der Waals surface area contributed by atoms with Crippen LogP contribution in [0.15, 0.2) is 60.9 Å². The van der Waals surface area contributed by atoms with Gasteiger partial charge in [-0.25, -0.2) is 0 Å². The Morgan fingerprint density at radius 1 is 1.04 bits per heavy atom. The minimum absolute atomic E-state index is 0.225. The molecule has 3 heteroatoms. The predicted octanol–water partition coefficient (Wildman–Crippen LogP) is 4.37. The highest BCUT2D eigenvalue weighted by Gasteiger charge is 2.09. The first kappa shape index (κ1) is 18.6. The van der Waals surface area contributed by atoms with Gasteiger partial charge in [0.15, 0.2) is 0 Å². The smallest absolute Gasteiger partial charge is 0.0346 e. The van der Waals surface area contributed by atoms with E-state index in [1.807, 2.05) is 12.4 Å². The molecular formula is C23H29N3. The molecule has 0 amide bonds. The fourth-order valence-electron chi connectivity index (χ4n) is 3.41. The average molecular weight is 348 g/mol. The number of hydrogen-bond donors (Lipinski definition) is 2. The van der Waals surface area contributed by atoms with Crippen LogP contribution in [0, 0.1) is 6.92 Å². The van der Waals surface area contributed by atoms with Gasteiger partial charge in [0.05, 0.1) is 0 Å². The molecule has 0 radical (unpaired) electrons. The first-order valence-corrected chi connectivity index (χ1v) is 9.48. The van der Waals surface area contributed by atoms with Gasteiger partial charge in [0.1, 0.15) is 0 Å². The van der Waals surface area contributed by atoms with E-state index in [0.717, 1.165) is 25.8 Å². The quantitative estimate of drug-likeness (QED) is 0.636. The first-order chi connectivity index (χ1) is 12.6. The van der Waals surface area contributed by atoms with Crippen molar-refractivity contribution in [2.75, 3.05) is 0 Å². The Balaban J connectivity index is 1.47. The Hall–Kier alpha value is -2.23. The van der Waals surface area contributed by atoms with Gasteiger partial charge in [-0.2, -0.15) is 0 Å². The summed E-state index contributed by atoms with van der Waals surface area (Å²) >= 11 is 0. The number of rotatable bonds is 8. The van der Waals surface area contributed by atoms with Crippen LogP contribution in [-0.4, -0.2) is 17.1 Å². The summed E-state index contributed by atoms with van der Waals surface area (Å²) in [5.74, 6) is 0. The maximum Gasteiger partial charge on any atom is 0.0346 e. The molecule has 0 bridgehead atoms. The van der Waals surface area contributed by atoms with Crippen LogP contribution in [0.1, 0.15) is 36.5 Å². The number of pyridine rings is 1. The molecule has 0 aliphatic carbocycles. The SMILES string of the molecule is Cc1cncc2ccc(CN[C@H](C)CC(N)CCc3ccccc3)cc12. The van der Waals surface area contributed by atoms with Crippen LogP contribution in [0.3, 0.4) is 0 Å². The molecule has 0 aliphatic rings. The maximum absolute atomic E-state index is 6.34. The molecule has 0 fully saturated rings. The number of aromatic nitrogens is 1. The van der Waals surface area contributed by atoms with Gasteiger partial charge in [0, 0.05) is 36.4 Å². The summed E-state index contributed by atoms with van der Waals surface area (Å²) in [5, 5.41) is 6.10. The van der Waals surface area contributed by atoms with Gasteiger partial charge in [0.2, 0.25) is 0 Å². The average Bonchev–Trinajstić information content (AvgIpc) is 2.66. The van der Waals surface area contributed by atoms with Crippen molar-refractivity contribution in [3.63, 3.8) is 0 Å². The van der Waals surface area contributed by atoms with E-state index in [0.29, 0.717) is 6.04 Å². The highest BCUT2D eigenvalue weighted by Crippen LogP contribution is 2.18. The fraction of sp³-hybridized carbons (Fsp3) is 0.348. The summed E-state index contributed by atoms with van der Waals surface area (Å²) in [4.78, 5) is 4.26. The molecule has 3 aromatic rings. The molecule has 2 atom stereocenters. The van der Waals surface area contributed by atoms with Crippen molar-refractivity contribution in [1.82, 2.24) is 10.3 Å². The van der Waals surface area contributed by atoms with Gasteiger partial charge < -0.3 is 11.1 Å². The summed E-state index contributed by atoms with van der Waals surface area (Å²) in [7, 11) is 0. The van der Waals surface area contributed by atoms with Crippen molar-refractivity contribution in [2.45, 2.75) is 51.7 Å². The van der Waals surface area contributed by atoms with Gasteiger partial charge in [-0.1, -0.05) is 42.5 Å². The van der Waals surface area contributed by atoms with E-state index < -0.39 is 0 Å². The van der Waals surface area contributed by atoms with Crippen LogP contribution >= 0.6 is 0 Å². The van der Waals surface area contributed by atoms with Crippen molar-refractivity contribution in [2.24, 2.45) is 5.73 Å². The van der Waals surface area contributed by atoms with E-state index in [-0.39, 0.29) is 6.04 Å². The number of aryl methyl sites for hydroxylation is 2. The second kappa shape index (κ2) is 8.93. The Morgan fingerprint density at radius 2 is 1.85 bits per heavy atom. The van der Waals surface area contributed by atoms with Crippen molar-refractivity contribution in [3.8, 4) is 0 Å². The lowest BCUT2D eigenvalue weighted by Gasteiger charge is -2.19. The Labute approximate surface area is 156 Å². The predicted molar refractivity (Wildman–Crippen MR) is 110 cm³/mol. The highest BCUT2D eigenvalue weighted by atomic mass is 14.9. The van der Waals surface area contributed by atoms with Crippen molar-refractivity contribution in [3.05, 3.63) is 77.6 Å². The van der Waals surface area contributed by atoms with E-state index in [9.17, 15) is 0 Å². The summed E-state index contributed by atoms with van der Waals surface area (Å²) < 4.78 is 0. The minimum atomic E-state index is 0.225. The monoisotopic (exact) mass is 347 g/mol. The van der Waals surface area contributed by atoms with Crippen LogP contribution in [0.5, 0.6) is 0 Å². The van der Waals surface area contributed by atoms with Crippen LogP contribution in [-0.2, 0) is 13.0 Å². The number of nitrogens with zero attached hydrogens (tertiary/aromatic N) is 1. The van der Waals surface area contributed by atoms with Gasteiger partial charge in [-0.05, 0) is 61.3 Å². The second-order valence-electron chi connectivity index (χ2n) is 7.31. The van der Waals surface area contributed by atoms with Crippen molar-refractivity contribution in [1.29, 1.82) is 0 Å². The Kier molecular flexibility index (Phi) is 6.37. The van der Waals surface area contributed by atoms with Gasteiger partial charge in [0.25, 0.3) is 0 Å². The molecule has 0 aliphatic heterocycles. The molecule has 0 saturated heterocycles. The van der Waals surface area contributed by atoms with E-state index in [4.69, 9.17) is 5.73 Å². The zero-order valence-electron chi connectivity index (χ0n) is 15.8. The molecule has 3 N–H and O–H groups in total. The summed E-state index contributed by atoms with van der Waals surface area (Å²) in [6, 6.07) is 17.8. The standard InChI is InChI=1S/C23H29N3/c1-17-14-25-16-21-10-8-20(13-23(17)21)15-26-18(2)12-22(24)11-9-19-6-4-3-5-7-19/h3-8,10,13-14,16,18,22,26H,9,11-12,15,24H2,1-2H3/t18-,22?/m1/s1. The number of fused-ring (bicyclic) bond motifs is 1. The molecule has 1 aromatic heterocycles. The molecule has 2 aromatic carbocycles. The fourth-order valence-corrected chi connectivity index (χ4v) is 3.41. The second-order valence-corrected chi connectivity index (χ2v) is 7.31. The summed E-state index contributed by atoms with van der Waals surface area (Å²) in [6.45, 7) is 5.20. The third kappa shape index (κ3) is 5.13. The highest BCUT2D eigenvalue weighted by molar-refractivity contribution is 5.85. The van der Waals surface area contributed by atoms with Crippen molar-refractivity contribution >= 4 is 10.8 Å².